The van der Waals surface area contributed by atoms with Gasteiger partial charge in [-0.25, -0.2) is 4.98 Å². The molecule has 0 spiro atoms. The van der Waals surface area contributed by atoms with Crippen molar-refractivity contribution in [2.75, 3.05) is 18.0 Å². The van der Waals surface area contributed by atoms with Gasteiger partial charge in [0.15, 0.2) is 0 Å². The van der Waals surface area contributed by atoms with Crippen LogP contribution < -0.4 is 15.0 Å². The van der Waals surface area contributed by atoms with Gasteiger partial charge in [-0.2, -0.15) is 13.2 Å². The molecule has 1 amide bonds. The van der Waals surface area contributed by atoms with Gasteiger partial charge in [0.05, 0.1) is 17.7 Å². The van der Waals surface area contributed by atoms with Crippen LogP contribution in [0.25, 0.3) is 0 Å². The van der Waals surface area contributed by atoms with Crippen LogP contribution in [0.3, 0.4) is 0 Å². The van der Waals surface area contributed by atoms with Crippen LogP contribution in [0.1, 0.15) is 36.2 Å². The van der Waals surface area contributed by atoms with Crippen LogP contribution in [0, 0.1) is 0 Å². The molecular weight excluding hydrogens is 371 g/mol. The van der Waals surface area contributed by atoms with E-state index >= 15 is 0 Å². The summed E-state index contributed by atoms with van der Waals surface area (Å²) in [6.45, 7) is 5.00. The summed E-state index contributed by atoms with van der Waals surface area (Å²) in [5.74, 6) is 0.0186. The number of nitrogens with one attached hydrogen (secondary N) is 1. The molecule has 0 bridgehead atoms. The minimum Gasteiger partial charge on any atom is -0.472 e. The number of alkyl halides is 3. The fourth-order valence-corrected chi connectivity index (χ4v) is 3.11. The van der Waals surface area contributed by atoms with Crippen LogP contribution in [-0.2, 0) is 6.18 Å². The third kappa shape index (κ3) is 4.74. The summed E-state index contributed by atoms with van der Waals surface area (Å²) >= 11 is 0. The van der Waals surface area contributed by atoms with Gasteiger partial charge in [0.2, 0.25) is 5.88 Å². The monoisotopic (exact) mass is 393 g/mol. The van der Waals surface area contributed by atoms with E-state index in [0.29, 0.717) is 25.1 Å². The highest BCUT2D eigenvalue weighted by Crippen LogP contribution is 2.30. The summed E-state index contributed by atoms with van der Waals surface area (Å²) in [6.07, 6.45) is -3.18. The Kier molecular flexibility index (Phi) is 5.76. The van der Waals surface area contributed by atoms with Crippen molar-refractivity contribution in [3.8, 4) is 5.88 Å². The largest absolute Gasteiger partial charge is 0.472 e. The third-order valence-corrected chi connectivity index (χ3v) is 4.41. The molecule has 3 rings (SSSR count). The molecule has 2 aromatic rings. The van der Waals surface area contributed by atoms with Crippen molar-refractivity contribution >= 4 is 11.6 Å². The van der Waals surface area contributed by atoms with E-state index in [-0.39, 0.29) is 23.9 Å². The van der Waals surface area contributed by atoms with Crippen molar-refractivity contribution in [1.29, 1.82) is 0 Å². The van der Waals surface area contributed by atoms with Crippen LogP contribution in [0.4, 0.5) is 18.9 Å². The highest BCUT2D eigenvalue weighted by Gasteiger charge is 2.31. The zero-order chi connectivity index (χ0) is 20.3. The fourth-order valence-electron chi connectivity index (χ4n) is 3.11. The van der Waals surface area contributed by atoms with Crippen molar-refractivity contribution < 1.29 is 22.7 Å². The summed E-state index contributed by atoms with van der Waals surface area (Å²) in [5.41, 5.74) is 0.592. The van der Waals surface area contributed by atoms with Gasteiger partial charge in [-0.3, -0.25) is 4.79 Å². The molecule has 2 heterocycles. The lowest BCUT2D eigenvalue weighted by molar-refractivity contribution is -0.137. The predicted molar refractivity (Wildman–Crippen MR) is 99.5 cm³/mol. The van der Waals surface area contributed by atoms with Crippen LogP contribution in [0.2, 0.25) is 0 Å². The molecule has 0 unspecified atom stereocenters. The number of halogens is 3. The van der Waals surface area contributed by atoms with Crippen molar-refractivity contribution in [1.82, 2.24) is 10.3 Å². The van der Waals surface area contributed by atoms with Gasteiger partial charge in [0, 0.05) is 37.0 Å². The lowest BCUT2D eigenvalue weighted by atomic mass is 10.1. The first kappa shape index (κ1) is 20.0. The zero-order valence-corrected chi connectivity index (χ0v) is 15.7. The van der Waals surface area contributed by atoms with Gasteiger partial charge in [0.1, 0.15) is 6.10 Å². The van der Waals surface area contributed by atoms with Gasteiger partial charge in [-0.15, -0.1) is 0 Å². The molecule has 1 aliphatic heterocycles. The molecule has 1 N–H and O–H groups in total. The molecule has 1 saturated heterocycles. The summed E-state index contributed by atoms with van der Waals surface area (Å²) < 4.78 is 43.6. The molecule has 1 fully saturated rings. The lowest BCUT2D eigenvalue weighted by Gasteiger charge is -2.22. The number of carbonyl (C=O) groups excluding carboxylic acids is 1. The highest BCUT2D eigenvalue weighted by atomic mass is 19.4. The van der Waals surface area contributed by atoms with E-state index in [1.165, 1.54) is 6.07 Å². The normalized spacial score (nSPS) is 17.1. The predicted octanol–water partition coefficient (Wildman–Crippen LogP) is 3.90. The first-order chi connectivity index (χ1) is 13.2. The molecule has 1 aliphatic rings. The van der Waals surface area contributed by atoms with Crippen LogP contribution in [0.5, 0.6) is 5.88 Å². The van der Waals surface area contributed by atoms with Crippen molar-refractivity contribution in [2.24, 2.45) is 0 Å². The SMILES string of the molecule is CC(C)NC(=O)c1ccccc1N1CC[C@H](Oc2ccc(C(F)(F)F)cn2)C1. The van der Waals surface area contributed by atoms with Gasteiger partial charge in [-0.05, 0) is 32.0 Å². The van der Waals surface area contributed by atoms with E-state index in [4.69, 9.17) is 4.74 Å². The molecule has 5 nitrogen and oxygen atoms in total. The topological polar surface area (TPSA) is 54.5 Å². The molecule has 8 heteroatoms. The van der Waals surface area contributed by atoms with Gasteiger partial charge in [-0.1, -0.05) is 12.1 Å². The summed E-state index contributed by atoms with van der Waals surface area (Å²) in [4.78, 5) is 18.3. The van der Waals surface area contributed by atoms with E-state index in [2.05, 4.69) is 10.3 Å². The van der Waals surface area contributed by atoms with Crippen LogP contribution in [0.15, 0.2) is 42.6 Å². The number of carbonyl (C=O) groups is 1. The van der Waals surface area contributed by atoms with E-state index in [0.717, 1.165) is 18.0 Å². The fraction of sp³-hybridized carbons (Fsp3) is 0.400. The van der Waals surface area contributed by atoms with Crippen LogP contribution in [-0.4, -0.2) is 36.1 Å². The van der Waals surface area contributed by atoms with E-state index in [1.807, 2.05) is 36.9 Å². The van der Waals surface area contributed by atoms with E-state index < -0.39 is 11.7 Å². The summed E-state index contributed by atoms with van der Waals surface area (Å²) in [6, 6.07) is 9.56. The second-order valence-corrected chi connectivity index (χ2v) is 7.00. The van der Waals surface area contributed by atoms with Crippen molar-refractivity contribution in [2.45, 2.75) is 38.6 Å². The van der Waals surface area contributed by atoms with Gasteiger partial charge >= 0.3 is 6.18 Å². The first-order valence-electron chi connectivity index (χ1n) is 9.09. The molecule has 28 heavy (non-hydrogen) atoms. The Balaban J connectivity index is 1.67. The van der Waals surface area contributed by atoms with Crippen molar-refractivity contribution in [3.05, 3.63) is 53.7 Å². The number of rotatable bonds is 5. The Hall–Kier alpha value is -2.77. The zero-order valence-electron chi connectivity index (χ0n) is 15.7. The molecule has 0 saturated carbocycles. The number of aromatic nitrogens is 1. The maximum absolute atomic E-state index is 12.6. The Morgan fingerprint density at radius 3 is 2.64 bits per heavy atom. The molecule has 1 aromatic heterocycles. The molecule has 0 aliphatic carbocycles. The maximum Gasteiger partial charge on any atom is 0.417 e. The Morgan fingerprint density at radius 2 is 2.00 bits per heavy atom. The van der Waals surface area contributed by atoms with Gasteiger partial charge < -0.3 is 15.0 Å². The number of anilines is 1. The van der Waals surface area contributed by atoms with Crippen LogP contribution >= 0.6 is 0 Å². The number of para-hydroxylation sites is 1. The second kappa shape index (κ2) is 8.08. The average molecular weight is 393 g/mol. The smallest absolute Gasteiger partial charge is 0.417 e. The lowest BCUT2D eigenvalue weighted by Crippen LogP contribution is -2.32. The number of nitrogens with zero attached hydrogens (tertiary/aromatic N) is 2. The van der Waals surface area contributed by atoms with Gasteiger partial charge in [0.25, 0.3) is 5.91 Å². The number of benzene rings is 1. The highest BCUT2D eigenvalue weighted by molar-refractivity contribution is 6.00. The molecular formula is C20H22F3N3O2. The number of hydrogen-bond acceptors (Lipinski definition) is 4. The molecule has 0 radical (unpaired) electrons. The Labute approximate surface area is 161 Å². The third-order valence-electron chi connectivity index (χ3n) is 4.41. The maximum atomic E-state index is 12.6. The Morgan fingerprint density at radius 1 is 1.25 bits per heavy atom. The number of hydrogen-bond donors (Lipinski definition) is 1. The standard InChI is InChI=1S/C20H22F3N3O2/c1-13(2)25-19(27)16-5-3-4-6-17(16)26-10-9-15(12-26)28-18-8-7-14(11-24-18)20(21,22)23/h3-8,11,13,15H,9-10,12H2,1-2H3,(H,25,27)/t15-/m0/s1. The summed E-state index contributed by atoms with van der Waals surface area (Å²) in [7, 11) is 0. The van der Waals surface area contributed by atoms with Crippen molar-refractivity contribution in [3.63, 3.8) is 0 Å². The quantitative estimate of drug-likeness (QED) is 0.837. The number of pyridine rings is 1. The first-order valence-corrected chi connectivity index (χ1v) is 9.09. The minimum atomic E-state index is -4.42. The number of amides is 1. The molecule has 1 aromatic carbocycles. The summed E-state index contributed by atoms with van der Waals surface area (Å²) in [5, 5.41) is 2.89. The van der Waals surface area contributed by atoms with E-state index in [1.54, 1.807) is 6.07 Å². The minimum absolute atomic E-state index is 0.0287. The van der Waals surface area contributed by atoms with E-state index in [9.17, 15) is 18.0 Å². The average Bonchev–Trinajstić information content (AvgIpc) is 3.09. The number of ether oxygens (including phenoxy) is 1. The molecule has 150 valence electrons. The molecule has 1 atom stereocenters. The Bertz CT molecular complexity index is 822. The second-order valence-electron chi connectivity index (χ2n) is 7.00.